The van der Waals surface area contributed by atoms with E-state index in [0.29, 0.717) is 41.9 Å². The highest BCUT2D eigenvalue weighted by Crippen LogP contribution is 2.35. The van der Waals surface area contributed by atoms with Gasteiger partial charge in [0.1, 0.15) is 11.6 Å². The van der Waals surface area contributed by atoms with Crippen molar-refractivity contribution in [2.75, 3.05) is 34.0 Å². The molecule has 9 heteroatoms. The quantitative estimate of drug-likeness (QED) is 0.421. The molecule has 2 amide bonds. The number of pyridine rings is 1. The Labute approximate surface area is 210 Å². The smallest absolute Gasteiger partial charge is 0.257 e. The fraction of sp³-hybridized carbons (Fsp3) is 0.370. The van der Waals surface area contributed by atoms with E-state index in [1.165, 1.54) is 6.20 Å². The van der Waals surface area contributed by atoms with E-state index in [4.69, 9.17) is 9.47 Å². The van der Waals surface area contributed by atoms with E-state index in [9.17, 15) is 14.4 Å². The third kappa shape index (κ3) is 5.68. The molecular formula is C27H32N4O5. The first-order valence-corrected chi connectivity index (χ1v) is 12.1. The summed E-state index contributed by atoms with van der Waals surface area (Å²) in [4.78, 5) is 41.8. The van der Waals surface area contributed by atoms with Crippen molar-refractivity contribution in [1.29, 1.82) is 0 Å². The van der Waals surface area contributed by atoms with Gasteiger partial charge in [0.25, 0.3) is 5.91 Å². The highest BCUT2D eigenvalue weighted by atomic mass is 16.7. The van der Waals surface area contributed by atoms with Crippen LogP contribution in [0.15, 0.2) is 53.5 Å². The molecule has 4 rings (SSSR count). The van der Waals surface area contributed by atoms with Crippen molar-refractivity contribution in [3.05, 3.63) is 70.0 Å². The van der Waals surface area contributed by atoms with Crippen LogP contribution >= 0.6 is 0 Å². The monoisotopic (exact) mass is 492 g/mol. The molecule has 0 saturated carbocycles. The summed E-state index contributed by atoms with van der Waals surface area (Å²) in [7, 11) is 3.95. The number of aryl methyl sites for hydroxylation is 1. The molecule has 2 N–H and O–H groups in total. The third-order valence-corrected chi connectivity index (χ3v) is 6.15. The number of amides is 2. The molecule has 190 valence electrons. The van der Waals surface area contributed by atoms with Crippen LogP contribution < -0.4 is 25.5 Å². The minimum atomic E-state index is -0.832. The van der Waals surface area contributed by atoms with Gasteiger partial charge in [-0.25, -0.2) is 0 Å². The summed E-state index contributed by atoms with van der Waals surface area (Å²) in [6, 6.07) is 12.0. The zero-order valence-corrected chi connectivity index (χ0v) is 20.9. The average molecular weight is 493 g/mol. The maximum absolute atomic E-state index is 13.4. The van der Waals surface area contributed by atoms with Crippen molar-refractivity contribution in [2.45, 2.75) is 32.4 Å². The highest BCUT2D eigenvalue weighted by Gasteiger charge is 2.25. The number of rotatable bonds is 10. The number of ether oxygens (including phenoxy) is 2. The largest absolute Gasteiger partial charge is 0.454 e. The number of benzene rings is 2. The van der Waals surface area contributed by atoms with Crippen molar-refractivity contribution in [3.8, 4) is 11.5 Å². The molecule has 9 nitrogen and oxygen atoms in total. The number of hydrogen-bond donors (Lipinski definition) is 2. The van der Waals surface area contributed by atoms with Crippen molar-refractivity contribution in [2.24, 2.45) is 0 Å². The fourth-order valence-corrected chi connectivity index (χ4v) is 4.23. The van der Waals surface area contributed by atoms with E-state index in [1.807, 2.05) is 60.8 Å². The van der Waals surface area contributed by atoms with Gasteiger partial charge < -0.3 is 29.6 Å². The Morgan fingerprint density at radius 3 is 2.53 bits per heavy atom. The van der Waals surface area contributed by atoms with Crippen LogP contribution in [0.5, 0.6) is 11.5 Å². The predicted octanol–water partition coefficient (Wildman–Crippen LogP) is 2.16. The molecule has 0 fully saturated rings. The summed E-state index contributed by atoms with van der Waals surface area (Å²) >= 11 is 0. The fourth-order valence-electron chi connectivity index (χ4n) is 4.23. The number of aromatic nitrogens is 1. The lowest BCUT2D eigenvalue weighted by atomic mass is 10.0. The summed E-state index contributed by atoms with van der Waals surface area (Å²) in [5.74, 6) is 0.158. The van der Waals surface area contributed by atoms with Gasteiger partial charge in [-0.2, -0.15) is 0 Å². The number of carbonyl (C=O) groups is 2. The second kappa shape index (κ2) is 11.3. The predicted molar refractivity (Wildman–Crippen MR) is 138 cm³/mol. The van der Waals surface area contributed by atoms with E-state index in [2.05, 4.69) is 10.6 Å². The van der Waals surface area contributed by atoms with Gasteiger partial charge in [0.2, 0.25) is 18.1 Å². The van der Waals surface area contributed by atoms with Crippen LogP contribution in [0.1, 0.15) is 29.3 Å². The summed E-state index contributed by atoms with van der Waals surface area (Å²) < 4.78 is 12.7. The number of carbonyl (C=O) groups excluding carboxylic acids is 2. The second-order valence-corrected chi connectivity index (χ2v) is 9.04. The Kier molecular flexibility index (Phi) is 7.90. The van der Waals surface area contributed by atoms with Gasteiger partial charge in [-0.3, -0.25) is 14.4 Å². The zero-order chi connectivity index (χ0) is 25.7. The summed E-state index contributed by atoms with van der Waals surface area (Å²) in [6.45, 7) is 3.88. The molecule has 1 atom stereocenters. The summed E-state index contributed by atoms with van der Waals surface area (Å²) in [6.07, 6.45) is 2.63. The molecule has 1 aliphatic heterocycles. The van der Waals surface area contributed by atoms with Gasteiger partial charge >= 0.3 is 0 Å². The molecule has 1 aliphatic rings. The maximum atomic E-state index is 13.4. The van der Waals surface area contributed by atoms with Crippen LogP contribution in [0.4, 0.5) is 0 Å². The first kappa shape index (κ1) is 25.2. The van der Waals surface area contributed by atoms with Crippen LogP contribution in [0, 0.1) is 0 Å². The van der Waals surface area contributed by atoms with Gasteiger partial charge in [-0.1, -0.05) is 30.3 Å². The van der Waals surface area contributed by atoms with E-state index < -0.39 is 17.4 Å². The summed E-state index contributed by atoms with van der Waals surface area (Å²) in [5.41, 5.74) is 1.11. The van der Waals surface area contributed by atoms with E-state index in [-0.39, 0.29) is 18.3 Å². The molecule has 0 unspecified atom stereocenters. The van der Waals surface area contributed by atoms with E-state index in [1.54, 1.807) is 12.1 Å². The van der Waals surface area contributed by atoms with Gasteiger partial charge in [-0.05, 0) is 45.6 Å². The first-order valence-electron chi connectivity index (χ1n) is 12.1. The van der Waals surface area contributed by atoms with Gasteiger partial charge in [-0.15, -0.1) is 0 Å². The lowest BCUT2D eigenvalue weighted by molar-refractivity contribution is -0.122. The molecule has 0 radical (unpaired) electrons. The molecule has 0 saturated heterocycles. The number of hydrogen-bond acceptors (Lipinski definition) is 6. The van der Waals surface area contributed by atoms with Crippen LogP contribution in [0.2, 0.25) is 0 Å². The second-order valence-electron chi connectivity index (χ2n) is 9.04. The molecule has 1 aromatic heterocycles. The van der Waals surface area contributed by atoms with E-state index >= 15 is 0 Å². The topological polar surface area (TPSA) is 102 Å². The van der Waals surface area contributed by atoms with E-state index in [0.717, 1.165) is 18.5 Å². The maximum Gasteiger partial charge on any atom is 0.257 e. The van der Waals surface area contributed by atoms with Crippen LogP contribution in [-0.2, 0) is 17.8 Å². The lowest BCUT2D eigenvalue weighted by Gasteiger charge is -2.20. The third-order valence-electron chi connectivity index (χ3n) is 6.15. The minimum Gasteiger partial charge on any atom is -0.454 e. The molecule has 2 heterocycles. The van der Waals surface area contributed by atoms with Gasteiger partial charge in [0.15, 0.2) is 11.5 Å². The minimum absolute atomic E-state index is 0.0262. The number of nitrogens with one attached hydrogen (secondary N) is 2. The van der Waals surface area contributed by atoms with Crippen molar-refractivity contribution in [1.82, 2.24) is 20.1 Å². The molecule has 0 bridgehead atoms. The van der Waals surface area contributed by atoms with Gasteiger partial charge in [0, 0.05) is 31.8 Å². The summed E-state index contributed by atoms with van der Waals surface area (Å²) in [5, 5.41) is 6.09. The SMILES string of the molecule is CCn1cc(C(=O)N[C@@H](Cc2ccccc2)C(=O)NCCCN(C)C)c(=O)c2cc3c(cc21)OCO3. The molecule has 0 spiro atoms. The highest BCUT2D eigenvalue weighted by molar-refractivity contribution is 6.00. The Morgan fingerprint density at radius 1 is 1.11 bits per heavy atom. The average Bonchev–Trinajstić information content (AvgIpc) is 3.33. The molecule has 0 aliphatic carbocycles. The molecule has 2 aromatic carbocycles. The van der Waals surface area contributed by atoms with Crippen LogP contribution in [-0.4, -0.2) is 61.3 Å². The Balaban J connectivity index is 1.60. The molecular weight excluding hydrogens is 460 g/mol. The number of fused-ring (bicyclic) bond motifs is 2. The van der Waals surface area contributed by atoms with Crippen LogP contribution in [0.25, 0.3) is 10.9 Å². The Morgan fingerprint density at radius 2 is 1.83 bits per heavy atom. The Hall–Kier alpha value is -3.85. The Bertz CT molecular complexity index is 1300. The first-order chi connectivity index (χ1) is 17.4. The van der Waals surface area contributed by atoms with Crippen molar-refractivity contribution >= 4 is 22.7 Å². The molecule has 36 heavy (non-hydrogen) atoms. The van der Waals surface area contributed by atoms with Crippen LogP contribution in [0.3, 0.4) is 0 Å². The lowest BCUT2D eigenvalue weighted by Crippen LogP contribution is -2.49. The zero-order valence-electron chi connectivity index (χ0n) is 20.9. The van der Waals surface area contributed by atoms with Crippen molar-refractivity contribution < 1.29 is 19.1 Å². The normalized spacial score (nSPS) is 13.1. The standard InChI is InChI=1S/C27H32N4O5/c1-4-31-16-20(25(32)19-14-23-24(15-22(19)31)36-17-35-23)26(33)29-21(13-18-9-6-5-7-10-18)27(34)28-11-8-12-30(2)3/h5-7,9-10,14-16,21H,4,8,11-13,17H2,1-3H3,(H,28,34)(H,29,33)/t21-/m0/s1. The van der Waals surface area contributed by atoms with Gasteiger partial charge in [0.05, 0.1) is 10.9 Å². The number of nitrogens with zero attached hydrogens (tertiary/aromatic N) is 2. The molecule has 3 aromatic rings. The van der Waals surface area contributed by atoms with Crippen molar-refractivity contribution in [3.63, 3.8) is 0 Å².